The number of aromatic amines is 1. The summed E-state index contributed by atoms with van der Waals surface area (Å²) < 4.78 is 0. The highest BCUT2D eigenvalue weighted by Crippen LogP contribution is 2.26. The van der Waals surface area contributed by atoms with Crippen LogP contribution in [0.25, 0.3) is 10.9 Å². The Labute approximate surface area is 95.5 Å². The average Bonchev–Trinajstić information content (AvgIpc) is 2.70. The van der Waals surface area contributed by atoms with Crippen molar-refractivity contribution in [2.45, 2.75) is 6.92 Å². The average molecular weight is 215 g/mol. The van der Waals surface area contributed by atoms with Gasteiger partial charge in [0.05, 0.1) is 11.2 Å². The van der Waals surface area contributed by atoms with Crippen molar-refractivity contribution in [1.29, 1.82) is 0 Å². The normalized spacial score (nSPS) is 16.9. The lowest BCUT2D eigenvalue weighted by molar-refractivity contribution is 0.590. The van der Waals surface area contributed by atoms with Crippen LogP contribution >= 0.6 is 0 Å². The molecule has 84 valence electrons. The number of hydrogen-bond donors (Lipinski definition) is 2. The summed E-state index contributed by atoms with van der Waals surface area (Å²) in [4.78, 5) is 5.92. The van der Waals surface area contributed by atoms with Crippen molar-refractivity contribution < 1.29 is 0 Å². The van der Waals surface area contributed by atoms with Gasteiger partial charge in [-0.25, -0.2) is 0 Å². The molecule has 0 aliphatic carbocycles. The lowest BCUT2D eigenvalue weighted by Gasteiger charge is -2.29. The molecule has 1 aromatic heterocycles. The van der Waals surface area contributed by atoms with Crippen LogP contribution in [0.3, 0.4) is 0 Å². The number of para-hydroxylation sites is 1. The van der Waals surface area contributed by atoms with Gasteiger partial charge < -0.3 is 15.2 Å². The monoisotopic (exact) mass is 215 g/mol. The Balaban J connectivity index is 2.07. The second kappa shape index (κ2) is 3.83. The predicted molar refractivity (Wildman–Crippen MR) is 68.1 cm³/mol. The molecule has 0 radical (unpaired) electrons. The highest BCUT2D eigenvalue weighted by atomic mass is 15.2. The fourth-order valence-electron chi connectivity index (χ4n) is 2.45. The van der Waals surface area contributed by atoms with Gasteiger partial charge in [0, 0.05) is 37.3 Å². The SMILES string of the molecule is Cc1cc2cccc(N3CCNCC3)c2[nH]1. The first-order chi connectivity index (χ1) is 7.84. The summed E-state index contributed by atoms with van der Waals surface area (Å²) in [5.41, 5.74) is 3.85. The summed E-state index contributed by atoms with van der Waals surface area (Å²) in [7, 11) is 0. The molecule has 0 unspecified atom stereocenters. The van der Waals surface area contributed by atoms with Gasteiger partial charge in [-0.1, -0.05) is 12.1 Å². The molecule has 1 aliphatic rings. The van der Waals surface area contributed by atoms with Crippen LogP contribution < -0.4 is 10.2 Å². The fraction of sp³-hybridized carbons (Fsp3) is 0.385. The highest BCUT2D eigenvalue weighted by molar-refractivity contribution is 5.92. The Morgan fingerprint density at radius 3 is 2.81 bits per heavy atom. The first kappa shape index (κ1) is 9.73. The third-order valence-electron chi connectivity index (χ3n) is 3.23. The maximum Gasteiger partial charge on any atom is 0.0693 e. The van der Waals surface area contributed by atoms with E-state index in [1.54, 1.807) is 0 Å². The van der Waals surface area contributed by atoms with E-state index >= 15 is 0 Å². The molecule has 2 aromatic rings. The van der Waals surface area contributed by atoms with Crippen LogP contribution in [-0.4, -0.2) is 31.2 Å². The molecular weight excluding hydrogens is 198 g/mol. The van der Waals surface area contributed by atoms with Crippen molar-refractivity contribution in [2.75, 3.05) is 31.1 Å². The Hall–Kier alpha value is -1.48. The van der Waals surface area contributed by atoms with Crippen LogP contribution in [0.4, 0.5) is 5.69 Å². The Morgan fingerprint density at radius 2 is 2.00 bits per heavy atom. The van der Waals surface area contributed by atoms with Crippen molar-refractivity contribution in [2.24, 2.45) is 0 Å². The van der Waals surface area contributed by atoms with Crippen LogP contribution in [-0.2, 0) is 0 Å². The van der Waals surface area contributed by atoms with Crippen molar-refractivity contribution in [1.82, 2.24) is 10.3 Å². The minimum absolute atomic E-state index is 1.08. The number of benzene rings is 1. The van der Waals surface area contributed by atoms with Crippen LogP contribution in [0.1, 0.15) is 5.69 Å². The van der Waals surface area contributed by atoms with E-state index in [-0.39, 0.29) is 0 Å². The van der Waals surface area contributed by atoms with Crippen molar-refractivity contribution in [3.8, 4) is 0 Å². The molecule has 1 aliphatic heterocycles. The number of hydrogen-bond acceptors (Lipinski definition) is 2. The molecule has 2 heterocycles. The van der Waals surface area contributed by atoms with Gasteiger partial charge in [-0.3, -0.25) is 0 Å². The number of H-pyrrole nitrogens is 1. The molecule has 1 saturated heterocycles. The first-order valence-corrected chi connectivity index (χ1v) is 5.88. The zero-order valence-electron chi connectivity index (χ0n) is 9.59. The van der Waals surface area contributed by atoms with Gasteiger partial charge in [0.2, 0.25) is 0 Å². The maximum atomic E-state index is 3.46. The van der Waals surface area contributed by atoms with Gasteiger partial charge in [0.1, 0.15) is 0 Å². The van der Waals surface area contributed by atoms with E-state index in [1.165, 1.54) is 22.3 Å². The van der Waals surface area contributed by atoms with Gasteiger partial charge in [-0.15, -0.1) is 0 Å². The van der Waals surface area contributed by atoms with Gasteiger partial charge in [-0.05, 0) is 19.1 Å². The smallest absolute Gasteiger partial charge is 0.0693 e. The molecule has 3 nitrogen and oxygen atoms in total. The van der Waals surface area contributed by atoms with Crippen LogP contribution in [0.15, 0.2) is 24.3 Å². The fourth-order valence-corrected chi connectivity index (χ4v) is 2.45. The molecule has 2 N–H and O–H groups in total. The lowest BCUT2D eigenvalue weighted by Crippen LogP contribution is -2.43. The topological polar surface area (TPSA) is 31.1 Å². The Bertz CT molecular complexity index is 495. The number of aromatic nitrogens is 1. The molecule has 1 aromatic carbocycles. The quantitative estimate of drug-likeness (QED) is 0.761. The Morgan fingerprint density at radius 1 is 1.19 bits per heavy atom. The second-order valence-electron chi connectivity index (χ2n) is 4.43. The summed E-state index contributed by atoms with van der Waals surface area (Å²) in [6.45, 7) is 6.46. The summed E-state index contributed by atoms with van der Waals surface area (Å²) in [5, 5.41) is 4.70. The van der Waals surface area contributed by atoms with Gasteiger partial charge >= 0.3 is 0 Å². The molecule has 0 amide bonds. The predicted octanol–water partition coefficient (Wildman–Crippen LogP) is 1.89. The van der Waals surface area contributed by atoms with E-state index in [9.17, 15) is 0 Å². The van der Waals surface area contributed by atoms with E-state index in [1.807, 2.05) is 0 Å². The van der Waals surface area contributed by atoms with Crippen LogP contribution in [0.2, 0.25) is 0 Å². The number of aryl methyl sites for hydroxylation is 1. The van der Waals surface area contributed by atoms with E-state index < -0.39 is 0 Å². The third-order valence-corrected chi connectivity index (χ3v) is 3.23. The number of nitrogens with one attached hydrogen (secondary N) is 2. The van der Waals surface area contributed by atoms with E-state index in [0.717, 1.165) is 26.2 Å². The molecule has 0 atom stereocenters. The standard InChI is InChI=1S/C13H17N3/c1-10-9-11-3-2-4-12(13(11)15-10)16-7-5-14-6-8-16/h2-4,9,14-15H,5-8H2,1H3. The molecule has 0 spiro atoms. The summed E-state index contributed by atoms with van der Waals surface area (Å²) >= 11 is 0. The summed E-state index contributed by atoms with van der Waals surface area (Å²) in [5.74, 6) is 0. The number of piperazine rings is 1. The minimum atomic E-state index is 1.08. The van der Waals surface area contributed by atoms with Gasteiger partial charge in [0.25, 0.3) is 0 Å². The van der Waals surface area contributed by atoms with E-state index in [0.29, 0.717) is 0 Å². The van der Waals surface area contributed by atoms with Crippen molar-refractivity contribution in [3.63, 3.8) is 0 Å². The second-order valence-corrected chi connectivity index (χ2v) is 4.43. The van der Waals surface area contributed by atoms with Crippen LogP contribution in [0.5, 0.6) is 0 Å². The first-order valence-electron chi connectivity index (χ1n) is 5.88. The van der Waals surface area contributed by atoms with Crippen LogP contribution in [0, 0.1) is 6.92 Å². The summed E-state index contributed by atoms with van der Waals surface area (Å²) in [6, 6.07) is 8.74. The number of fused-ring (bicyclic) bond motifs is 1. The molecule has 3 heteroatoms. The molecule has 1 fully saturated rings. The number of rotatable bonds is 1. The van der Waals surface area contributed by atoms with Gasteiger partial charge in [-0.2, -0.15) is 0 Å². The zero-order chi connectivity index (χ0) is 11.0. The molecule has 3 rings (SSSR count). The van der Waals surface area contributed by atoms with Crippen molar-refractivity contribution >= 4 is 16.6 Å². The molecule has 0 bridgehead atoms. The largest absolute Gasteiger partial charge is 0.367 e. The van der Waals surface area contributed by atoms with E-state index in [4.69, 9.17) is 0 Å². The minimum Gasteiger partial charge on any atom is -0.367 e. The van der Waals surface area contributed by atoms with Crippen molar-refractivity contribution in [3.05, 3.63) is 30.0 Å². The highest BCUT2D eigenvalue weighted by Gasteiger charge is 2.13. The molecule has 0 saturated carbocycles. The van der Waals surface area contributed by atoms with Gasteiger partial charge in [0.15, 0.2) is 0 Å². The third kappa shape index (κ3) is 1.57. The number of anilines is 1. The maximum absolute atomic E-state index is 3.46. The Kier molecular flexibility index (Phi) is 2.33. The molecule has 16 heavy (non-hydrogen) atoms. The van der Waals surface area contributed by atoms with E-state index in [2.05, 4.69) is 46.4 Å². The number of nitrogens with zero attached hydrogens (tertiary/aromatic N) is 1. The zero-order valence-corrected chi connectivity index (χ0v) is 9.59. The molecular formula is C13H17N3. The lowest BCUT2D eigenvalue weighted by atomic mass is 10.2. The summed E-state index contributed by atoms with van der Waals surface area (Å²) in [6.07, 6.45) is 0.